The van der Waals surface area contributed by atoms with Crippen LogP contribution in [0.1, 0.15) is 11.7 Å². The molecule has 15 heavy (non-hydrogen) atoms. The van der Waals surface area contributed by atoms with E-state index in [0.717, 1.165) is 0 Å². The molecule has 0 saturated carbocycles. The standard InChI is InChI=1S/C8H14N4O3/c1-6-11-8(15-12-6)4-10-7(13)5-14-3-2-9/h2-5,9H2,1H3,(H,10,13). The van der Waals surface area contributed by atoms with Crippen LogP contribution in [0.25, 0.3) is 0 Å². The molecule has 0 fully saturated rings. The van der Waals surface area contributed by atoms with E-state index in [1.54, 1.807) is 6.92 Å². The Balaban J connectivity index is 2.16. The largest absolute Gasteiger partial charge is 0.370 e. The summed E-state index contributed by atoms with van der Waals surface area (Å²) in [6, 6.07) is 0. The van der Waals surface area contributed by atoms with Gasteiger partial charge in [-0.1, -0.05) is 5.16 Å². The number of carbonyl (C=O) groups is 1. The van der Waals surface area contributed by atoms with Gasteiger partial charge in [0.25, 0.3) is 0 Å². The molecule has 3 N–H and O–H groups in total. The molecule has 0 saturated heterocycles. The summed E-state index contributed by atoms with van der Waals surface area (Å²) < 4.78 is 9.74. The molecule has 1 amide bonds. The predicted molar refractivity (Wildman–Crippen MR) is 50.8 cm³/mol. The summed E-state index contributed by atoms with van der Waals surface area (Å²) in [5.74, 6) is 0.678. The number of aryl methyl sites for hydroxylation is 1. The Labute approximate surface area is 87.0 Å². The fourth-order valence-corrected chi connectivity index (χ4v) is 0.885. The van der Waals surface area contributed by atoms with Crippen LogP contribution in [-0.4, -0.2) is 35.8 Å². The second-order valence-corrected chi connectivity index (χ2v) is 2.85. The zero-order valence-corrected chi connectivity index (χ0v) is 8.52. The summed E-state index contributed by atoms with van der Waals surface area (Å²) in [6.07, 6.45) is 0. The first kappa shape index (κ1) is 11.6. The van der Waals surface area contributed by atoms with Gasteiger partial charge in [-0.15, -0.1) is 0 Å². The molecule has 7 nitrogen and oxygen atoms in total. The van der Waals surface area contributed by atoms with Gasteiger partial charge in [-0.25, -0.2) is 0 Å². The van der Waals surface area contributed by atoms with Crippen LogP contribution < -0.4 is 11.1 Å². The van der Waals surface area contributed by atoms with Crippen LogP contribution in [0.15, 0.2) is 4.52 Å². The average Bonchev–Trinajstić information content (AvgIpc) is 2.62. The Morgan fingerprint density at radius 1 is 1.67 bits per heavy atom. The number of nitrogens with one attached hydrogen (secondary N) is 1. The zero-order chi connectivity index (χ0) is 11.1. The Morgan fingerprint density at radius 2 is 2.47 bits per heavy atom. The lowest BCUT2D eigenvalue weighted by molar-refractivity contribution is -0.125. The number of rotatable bonds is 6. The maximum absolute atomic E-state index is 11.1. The second-order valence-electron chi connectivity index (χ2n) is 2.85. The van der Waals surface area contributed by atoms with Gasteiger partial charge in [0, 0.05) is 6.54 Å². The highest BCUT2D eigenvalue weighted by Gasteiger charge is 2.05. The monoisotopic (exact) mass is 214 g/mol. The van der Waals surface area contributed by atoms with E-state index in [1.165, 1.54) is 0 Å². The number of hydrogen-bond acceptors (Lipinski definition) is 6. The molecular formula is C8H14N4O3. The van der Waals surface area contributed by atoms with Crippen molar-refractivity contribution in [1.82, 2.24) is 15.5 Å². The summed E-state index contributed by atoms with van der Waals surface area (Å²) in [5, 5.41) is 6.15. The highest BCUT2D eigenvalue weighted by molar-refractivity contribution is 5.76. The van der Waals surface area contributed by atoms with Crippen LogP contribution in [0.4, 0.5) is 0 Å². The van der Waals surface area contributed by atoms with Crippen molar-refractivity contribution in [3.63, 3.8) is 0 Å². The topological polar surface area (TPSA) is 103 Å². The third-order valence-corrected chi connectivity index (χ3v) is 1.50. The van der Waals surface area contributed by atoms with Crippen LogP contribution in [0.2, 0.25) is 0 Å². The lowest BCUT2D eigenvalue weighted by Crippen LogP contribution is -2.28. The molecule has 1 aromatic heterocycles. The molecule has 0 aliphatic rings. The highest BCUT2D eigenvalue weighted by Crippen LogP contribution is 1.94. The quantitative estimate of drug-likeness (QED) is 0.587. The average molecular weight is 214 g/mol. The van der Waals surface area contributed by atoms with Gasteiger partial charge >= 0.3 is 0 Å². The smallest absolute Gasteiger partial charge is 0.246 e. The van der Waals surface area contributed by atoms with Crippen molar-refractivity contribution in [2.24, 2.45) is 5.73 Å². The van der Waals surface area contributed by atoms with E-state index in [1.807, 2.05) is 0 Å². The van der Waals surface area contributed by atoms with E-state index >= 15 is 0 Å². The number of carbonyl (C=O) groups excluding carboxylic acids is 1. The predicted octanol–water partition coefficient (Wildman–Crippen LogP) is -1.03. The fourth-order valence-electron chi connectivity index (χ4n) is 0.885. The molecule has 0 aliphatic carbocycles. The van der Waals surface area contributed by atoms with Crippen LogP contribution >= 0.6 is 0 Å². The minimum absolute atomic E-state index is 0.00960. The van der Waals surface area contributed by atoms with Crippen LogP contribution in [0.5, 0.6) is 0 Å². The van der Waals surface area contributed by atoms with Crippen LogP contribution in [0.3, 0.4) is 0 Å². The summed E-state index contributed by atoms with van der Waals surface area (Å²) in [7, 11) is 0. The van der Waals surface area contributed by atoms with Gasteiger partial charge < -0.3 is 20.3 Å². The summed E-state index contributed by atoms with van der Waals surface area (Å²) in [6.45, 7) is 2.68. The zero-order valence-electron chi connectivity index (χ0n) is 8.52. The number of ether oxygens (including phenoxy) is 1. The normalized spacial score (nSPS) is 10.3. The van der Waals surface area contributed by atoms with Gasteiger partial charge in [0.2, 0.25) is 11.8 Å². The van der Waals surface area contributed by atoms with Crippen molar-refractivity contribution in [2.45, 2.75) is 13.5 Å². The molecule has 0 bridgehead atoms. The van der Waals surface area contributed by atoms with Crippen molar-refractivity contribution < 1.29 is 14.1 Å². The lowest BCUT2D eigenvalue weighted by Gasteiger charge is -2.02. The maximum Gasteiger partial charge on any atom is 0.246 e. The van der Waals surface area contributed by atoms with Crippen LogP contribution in [0, 0.1) is 6.92 Å². The molecular weight excluding hydrogens is 200 g/mol. The van der Waals surface area contributed by atoms with Crippen molar-refractivity contribution >= 4 is 5.91 Å². The minimum Gasteiger partial charge on any atom is -0.370 e. The fraction of sp³-hybridized carbons (Fsp3) is 0.625. The minimum atomic E-state index is -0.237. The van der Waals surface area contributed by atoms with Gasteiger partial charge in [-0.05, 0) is 6.92 Å². The molecule has 1 heterocycles. The van der Waals surface area contributed by atoms with Crippen molar-refractivity contribution in [2.75, 3.05) is 19.8 Å². The van der Waals surface area contributed by atoms with Gasteiger partial charge in [0.1, 0.15) is 6.61 Å². The molecule has 84 valence electrons. The second kappa shape index (κ2) is 6.10. The molecule has 0 atom stereocenters. The van der Waals surface area contributed by atoms with Crippen molar-refractivity contribution in [3.05, 3.63) is 11.7 Å². The molecule has 1 aromatic rings. The molecule has 0 aliphatic heterocycles. The maximum atomic E-state index is 11.1. The van der Waals surface area contributed by atoms with Gasteiger partial charge in [-0.3, -0.25) is 4.79 Å². The van der Waals surface area contributed by atoms with Gasteiger partial charge in [-0.2, -0.15) is 4.98 Å². The summed E-state index contributed by atoms with van der Waals surface area (Å²) in [4.78, 5) is 15.1. The SMILES string of the molecule is Cc1noc(CNC(=O)COCCN)n1. The Bertz CT molecular complexity index is 313. The van der Waals surface area contributed by atoms with E-state index in [0.29, 0.717) is 24.9 Å². The first-order valence-corrected chi connectivity index (χ1v) is 4.56. The summed E-state index contributed by atoms with van der Waals surface area (Å²) >= 11 is 0. The third kappa shape index (κ3) is 4.52. The van der Waals surface area contributed by atoms with E-state index in [-0.39, 0.29) is 19.1 Å². The molecule has 0 spiro atoms. The molecule has 0 aromatic carbocycles. The lowest BCUT2D eigenvalue weighted by atomic mass is 10.5. The number of hydrogen-bond donors (Lipinski definition) is 2. The number of amides is 1. The van der Waals surface area contributed by atoms with Crippen molar-refractivity contribution in [3.8, 4) is 0 Å². The van der Waals surface area contributed by atoms with E-state index in [4.69, 9.17) is 15.0 Å². The molecule has 7 heteroatoms. The van der Waals surface area contributed by atoms with Crippen LogP contribution in [-0.2, 0) is 16.1 Å². The first-order chi connectivity index (χ1) is 7.22. The molecule has 0 unspecified atom stereocenters. The highest BCUT2D eigenvalue weighted by atomic mass is 16.5. The Kier molecular flexibility index (Phi) is 4.72. The number of nitrogens with two attached hydrogens (primary N) is 1. The molecule has 0 radical (unpaired) electrons. The summed E-state index contributed by atoms with van der Waals surface area (Å²) in [5.41, 5.74) is 5.19. The van der Waals surface area contributed by atoms with Gasteiger partial charge in [0.05, 0.1) is 13.2 Å². The Hall–Kier alpha value is -1.47. The number of nitrogens with zero attached hydrogens (tertiary/aromatic N) is 2. The van der Waals surface area contributed by atoms with Crippen molar-refractivity contribution in [1.29, 1.82) is 0 Å². The Morgan fingerprint density at radius 3 is 3.07 bits per heavy atom. The first-order valence-electron chi connectivity index (χ1n) is 4.56. The van der Waals surface area contributed by atoms with E-state index in [2.05, 4.69) is 15.5 Å². The number of aromatic nitrogens is 2. The van der Waals surface area contributed by atoms with E-state index < -0.39 is 0 Å². The molecule has 1 rings (SSSR count). The van der Waals surface area contributed by atoms with Gasteiger partial charge in [0.15, 0.2) is 5.82 Å². The van der Waals surface area contributed by atoms with E-state index in [9.17, 15) is 4.79 Å². The third-order valence-electron chi connectivity index (χ3n) is 1.50.